The maximum absolute atomic E-state index is 6.03. The summed E-state index contributed by atoms with van der Waals surface area (Å²) >= 11 is 53.6. The van der Waals surface area contributed by atoms with Crippen molar-refractivity contribution in [1.82, 2.24) is 4.90 Å². The number of aryl methyl sites for hydroxylation is 1. The fraction of sp³-hybridized carbons (Fsp3) is 0.385. The quantitative estimate of drug-likeness (QED) is 0.296. The van der Waals surface area contributed by atoms with Crippen molar-refractivity contribution in [1.29, 1.82) is 0 Å². The highest BCUT2D eigenvalue weighted by atomic mass is 35.6. The highest BCUT2D eigenvalue weighted by molar-refractivity contribution is 6.79. The molecular weight excluding hydrogens is 533 g/mol. The second-order valence-electron chi connectivity index (χ2n) is 4.94. The Balaban J connectivity index is 2.55. The van der Waals surface area contributed by atoms with E-state index in [2.05, 4.69) is 9.98 Å². The molecule has 1 atom stereocenters. The first kappa shape index (κ1) is 23.1. The maximum Gasteiger partial charge on any atom is 0.271 e. The molecule has 144 valence electrons. The summed E-state index contributed by atoms with van der Waals surface area (Å²) in [6, 6.07) is 3.51. The fourth-order valence-corrected chi connectivity index (χ4v) is 3.16. The van der Waals surface area contributed by atoms with E-state index in [-0.39, 0.29) is 11.7 Å². The van der Waals surface area contributed by atoms with Gasteiger partial charge in [-0.2, -0.15) is 0 Å². The molecular formula is C13H8Cl9N3O. The van der Waals surface area contributed by atoms with Gasteiger partial charge in [0.1, 0.15) is 17.7 Å². The van der Waals surface area contributed by atoms with Gasteiger partial charge in [-0.15, -0.1) is 0 Å². The minimum Gasteiger partial charge on any atom is -0.462 e. The van der Waals surface area contributed by atoms with E-state index in [9.17, 15) is 0 Å². The van der Waals surface area contributed by atoms with Crippen molar-refractivity contribution in [3.8, 4) is 0 Å². The van der Waals surface area contributed by atoms with Crippen molar-refractivity contribution in [2.24, 2.45) is 9.98 Å². The van der Waals surface area contributed by atoms with Crippen molar-refractivity contribution < 1.29 is 4.42 Å². The number of nitrogens with zero attached hydrogens (tertiary/aromatic N) is 3. The zero-order chi connectivity index (χ0) is 19.9. The standard InChI is InChI=1S/C13H8Cl9N3O/c1-6-2-3-7(26-6)4-5-8-23-9(11(14,15)16)24-10(12(17,18)19)25(8)13(20,21)22/h2-5,8H,1H3. The van der Waals surface area contributed by atoms with E-state index >= 15 is 0 Å². The highest BCUT2D eigenvalue weighted by Crippen LogP contribution is 2.43. The van der Waals surface area contributed by atoms with Gasteiger partial charge in [0.2, 0.25) is 7.59 Å². The van der Waals surface area contributed by atoms with Crippen LogP contribution in [-0.2, 0) is 0 Å². The van der Waals surface area contributed by atoms with Gasteiger partial charge in [0.15, 0.2) is 11.7 Å². The van der Waals surface area contributed by atoms with Crippen LogP contribution in [0.2, 0.25) is 0 Å². The van der Waals surface area contributed by atoms with Crippen molar-refractivity contribution in [2.45, 2.75) is 24.6 Å². The molecule has 0 saturated heterocycles. The van der Waals surface area contributed by atoms with Gasteiger partial charge < -0.3 is 4.42 Å². The molecule has 0 saturated carbocycles. The summed E-state index contributed by atoms with van der Waals surface area (Å²) in [5, 5.41) is 0. The van der Waals surface area contributed by atoms with Gasteiger partial charge >= 0.3 is 0 Å². The van der Waals surface area contributed by atoms with Gasteiger partial charge in [0.05, 0.1) is 0 Å². The second-order valence-corrected chi connectivity index (χ2v) is 11.7. The predicted octanol–water partition coefficient (Wildman–Crippen LogP) is 7.11. The lowest BCUT2D eigenvalue weighted by Crippen LogP contribution is -2.54. The maximum atomic E-state index is 6.03. The highest BCUT2D eigenvalue weighted by Gasteiger charge is 2.48. The van der Waals surface area contributed by atoms with E-state index in [4.69, 9.17) is 109 Å². The Bertz CT molecular complexity index is 752. The summed E-state index contributed by atoms with van der Waals surface area (Å²) < 4.78 is -0.706. The molecule has 1 unspecified atom stereocenters. The van der Waals surface area contributed by atoms with Crippen molar-refractivity contribution >= 4 is 122 Å². The number of alkyl halides is 9. The molecule has 0 radical (unpaired) electrons. The van der Waals surface area contributed by atoms with Crippen LogP contribution in [0.25, 0.3) is 6.08 Å². The van der Waals surface area contributed by atoms with Gasteiger partial charge in [0.25, 0.3) is 3.92 Å². The van der Waals surface area contributed by atoms with Crippen LogP contribution in [-0.4, -0.2) is 34.2 Å². The van der Waals surface area contributed by atoms with Crippen LogP contribution in [0.1, 0.15) is 11.5 Å². The van der Waals surface area contributed by atoms with Gasteiger partial charge in [-0.25, -0.2) is 9.98 Å². The first-order valence-corrected chi connectivity index (χ1v) is 10.0. The van der Waals surface area contributed by atoms with Crippen LogP contribution >= 0.6 is 104 Å². The molecule has 1 aliphatic rings. The van der Waals surface area contributed by atoms with Gasteiger partial charge in [-0.1, -0.05) is 104 Å². The third-order valence-corrected chi connectivity index (χ3v) is 4.49. The van der Waals surface area contributed by atoms with Gasteiger partial charge in [0, 0.05) is 0 Å². The minimum atomic E-state index is -2.09. The number of hydrogen-bond acceptors (Lipinski definition) is 4. The Morgan fingerprint density at radius 1 is 1.00 bits per heavy atom. The molecule has 26 heavy (non-hydrogen) atoms. The Morgan fingerprint density at radius 2 is 1.62 bits per heavy atom. The third kappa shape index (κ3) is 5.88. The SMILES string of the molecule is Cc1ccc(C=CC2N=C(C(Cl)(Cl)Cl)N=C(C(Cl)(Cl)Cl)N2C(Cl)(Cl)Cl)o1. The smallest absolute Gasteiger partial charge is 0.271 e. The molecule has 0 bridgehead atoms. The van der Waals surface area contributed by atoms with Crippen molar-refractivity contribution in [3.63, 3.8) is 0 Å². The van der Waals surface area contributed by atoms with Crippen LogP contribution in [0.5, 0.6) is 0 Å². The summed E-state index contributed by atoms with van der Waals surface area (Å²) in [5.41, 5.74) is 0. The van der Waals surface area contributed by atoms with Crippen LogP contribution in [0.15, 0.2) is 32.6 Å². The molecule has 0 aliphatic carbocycles. The molecule has 1 aromatic rings. The Morgan fingerprint density at radius 3 is 2.04 bits per heavy atom. The first-order valence-electron chi connectivity index (χ1n) is 6.61. The Hall–Kier alpha value is 0.770. The zero-order valence-electron chi connectivity index (χ0n) is 12.5. The number of hydrogen-bond donors (Lipinski definition) is 0. The number of halogens is 9. The largest absolute Gasteiger partial charge is 0.462 e. The molecule has 0 amide bonds. The number of rotatable bonds is 2. The van der Waals surface area contributed by atoms with Crippen molar-refractivity contribution in [3.05, 3.63) is 29.7 Å². The normalized spacial score (nSPS) is 19.8. The summed E-state index contributed by atoms with van der Waals surface area (Å²) in [7, 11) is 0. The molecule has 0 spiro atoms. The Labute approximate surface area is 194 Å². The third-order valence-electron chi connectivity index (χ3n) is 2.93. The summed E-state index contributed by atoms with van der Waals surface area (Å²) in [6.45, 7) is 1.79. The van der Waals surface area contributed by atoms with E-state index in [1.807, 2.05) is 0 Å². The zero-order valence-corrected chi connectivity index (χ0v) is 19.3. The second kappa shape index (κ2) is 8.25. The lowest BCUT2D eigenvalue weighted by atomic mass is 10.3. The van der Waals surface area contributed by atoms with Crippen LogP contribution in [0.4, 0.5) is 0 Å². The molecule has 0 aromatic carbocycles. The first-order chi connectivity index (χ1) is 11.7. The van der Waals surface area contributed by atoms with Crippen LogP contribution < -0.4 is 0 Å². The van der Waals surface area contributed by atoms with E-state index in [1.54, 1.807) is 25.1 Å². The molecule has 13 heteroatoms. The van der Waals surface area contributed by atoms with Gasteiger partial charge in [-0.3, -0.25) is 4.90 Å². The molecule has 0 N–H and O–H groups in total. The fourth-order valence-electron chi connectivity index (χ4n) is 1.95. The van der Waals surface area contributed by atoms with Gasteiger partial charge in [-0.05, 0) is 31.2 Å². The van der Waals surface area contributed by atoms with Crippen molar-refractivity contribution in [2.75, 3.05) is 0 Å². The number of furan rings is 1. The summed E-state index contributed by atoms with van der Waals surface area (Å²) in [6.07, 6.45) is 2.09. The summed E-state index contributed by atoms with van der Waals surface area (Å²) in [5.74, 6) is 0.722. The monoisotopic (exact) mass is 537 g/mol. The topological polar surface area (TPSA) is 41.1 Å². The molecule has 4 nitrogen and oxygen atoms in total. The molecule has 2 rings (SSSR count). The lowest BCUT2D eigenvalue weighted by molar-refractivity contribution is 0.361. The predicted molar refractivity (Wildman–Crippen MR) is 114 cm³/mol. The van der Waals surface area contributed by atoms with Crippen LogP contribution in [0.3, 0.4) is 0 Å². The van der Waals surface area contributed by atoms with Crippen LogP contribution in [0, 0.1) is 6.92 Å². The number of aliphatic imine (C=N–C) groups is 2. The molecule has 1 aromatic heterocycles. The molecule has 1 aliphatic heterocycles. The van der Waals surface area contributed by atoms with E-state index in [0.717, 1.165) is 4.90 Å². The van der Waals surface area contributed by atoms with E-state index in [0.29, 0.717) is 11.5 Å². The molecule has 2 heterocycles. The van der Waals surface area contributed by atoms with E-state index < -0.39 is 17.7 Å². The average molecular weight is 541 g/mol. The Kier molecular flexibility index (Phi) is 7.32. The average Bonchev–Trinajstić information content (AvgIpc) is 2.86. The molecule has 0 fully saturated rings. The summed E-state index contributed by atoms with van der Waals surface area (Å²) in [4.78, 5) is 9.21. The number of amidine groups is 2. The lowest BCUT2D eigenvalue weighted by Gasteiger charge is -2.40. The minimum absolute atomic E-state index is 0.236. The van der Waals surface area contributed by atoms with E-state index in [1.165, 1.54) is 6.08 Å².